The van der Waals surface area contributed by atoms with Crippen molar-refractivity contribution < 1.29 is 9.47 Å². The lowest BCUT2D eigenvalue weighted by molar-refractivity contribution is -0.100. The van der Waals surface area contributed by atoms with Crippen LogP contribution in [-0.2, 0) is 9.47 Å². The SMILES string of the molecule is CC1CN(C(CN)C2CCC(C)O2)CC(C)O1. The molecule has 2 rings (SSSR count). The minimum Gasteiger partial charge on any atom is -0.374 e. The first-order valence-corrected chi connectivity index (χ1v) is 6.85. The summed E-state index contributed by atoms with van der Waals surface area (Å²) >= 11 is 0. The van der Waals surface area contributed by atoms with Crippen molar-refractivity contribution in [3.63, 3.8) is 0 Å². The Morgan fingerprint density at radius 2 is 1.71 bits per heavy atom. The lowest BCUT2D eigenvalue weighted by atomic mass is 10.0. The van der Waals surface area contributed by atoms with E-state index in [1.807, 2.05) is 0 Å². The molecule has 0 aromatic carbocycles. The summed E-state index contributed by atoms with van der Waals surface area (Å²) in [5.74, 6) is 0. The number of morpholine rings is 1. The molecular formula is C13H26N2O2. The monoisotopic (exact) mass is 242 g/mol. The number of nitrogens with zero attached hydrogens (tertiary/aromatic N) is 1. The van der Waals surface area contributed by atoms with Crippen LogP contribution in [0.15, 0.2) is 0 Å². The Bertz CT molecular complexity index is 240. The summed E-state index contributed by atoms with van der Waals surface area (Å²) in [4.78, 5) is 2.46. The van der Waals surface area contributed by atoms with Gasteiger partial charge in [0, 0.05) is 25.7 Å². The van der Waals surface area contributed by atoms with E-state index in [9.17, 15) is 0 Å². The van der Waals surface area contributed by atoms with Crippen LogP contribution in [0.4, 0.5) is 0 Å². The van der Waals surface area contributed by atoms with Crippen LogP contribution in [0.5, 0.6) is 0 Å². The largest absolute Gasteiger partial charge is 0.374 e. The Balaban J connectivity index is 1.97. The van der Waals surface area contributed by atoms with Gasteiger partial charge in [-0.2, -0.15) is 0 Å². The average molecular weight is 242 g/mol. The maximum Gasteiger partial charge on any atom is 0.0747 e. The van der Waals surface area contributed by atoms with Crippen LogP contribution in [-0.4, -0.2) is 55.0 Å². The minimum atomic E-state index is 0.298. The highest BCUT2D eigenvalue weighted by atomic mass is 16.5. The van der Waals surface area contributed by atoms with Gasteiger partial charge in [-0.25, -0.2) is 0 Å². The third-order valence-electron chi connectivity index (χ3n) is 3.85. The first-order valence-electron chi connectivity index (χ1n) is 6.85. The molecule has 17 heavy (non-hydrogen) atoms. The molecule has 2 aliphatic heterocycles. The van der Waals surface area contributed by atoms with Crippen molar-refractivity contribution in [2.75, 3.05) is 19.6 Å². The van der Waals surface area contributed by atoms with Gasteiger partial charge >= 0.3 is 0 Å². The number of rotatable bonds is 3. The first kappa shape index (κ1) is 13.3. The number of ether oxygens (including phenoxy) is 2. The van der Waals surface area contributed by atoms with Crippen LogP contribution in [0, 0.1) is 0 Å². The summed E-state index contributed by atoms with van der Waals surface area (Å²) in [5, 5.41) is 0. The molecule has 5 unspecified atom stereocenters. The van der Waals surface area contributed by atoms with Gasteiger partial charge in [-0.1, -0.05) is 0 Å². The van der Waals surface area contributed by atoms with Gasteiger partial charge in [0.05, 0.1) is 24.4 Å². The second-order valence-corrected chi connectivity index (χ2v) is 5.58. The molecule has 4 nitrogen and oxygen atoms in total. The van der Waals surface area contributed by atoms with E-state index in [0.29, 0.717) is 37.0 Å². The van der Waals surface area contributed by atoms with Crippen molar-refractivity contribution in [1.82, 2.24) is 4.90 Å². The topological polar surface area (TPSA) is 47.7 Å². The summed E-state index contributed by atoms with van der Waals surface area (Å²) in [6, 6.07) is 0.355. The second kappa shape index (κ2) is 5.65. The molecule has 0 aromatic heterocycles. The Hall–Kier alpha value is -0.160. The molecule has 0 aliphatic carbocycles. The fourth-order valence-electron chi connectivity index (χ4n) is 3.14. The van der Waals surface area contributed by atoms with Gasteiger partial charge in [0.1, 0.15) is 0 Å². The fourth-order valence-corrected chi connectivity index (χ4v) is 3.14. The molecule has 2 saturated heterocycles. The molecule has 0 radical (unpaired) electrons. The lowest BCUT2D eigenvalue weighted by Crippen LogP contribution is -2.56. The Labute approximate surface area is 104 Å². The van der Waals surface area contributed by atoms with E-state index in [4.69, 9.17) is 15.2 Å². The maximum absolute atomic E-state index is 5.98. The van der Waals surface area contributed by atoms with Gasteiger partial charge in [0.2, 0.25) is 0 Å². The van der Waals surface area contributed by atoms with E-state index in [2.05, 4.69) is 25.7 Å². The summed E-state index contributed by atoms with van der Waals surface area (Å²) in [7, 11) is 0. The van der Waals surface area contributed by atoms with Gasteiger partial charge < -0.3 is 15.2 Å². The summed E-state index contributed by atoms with van der Waals surface area (Å²) in [6.07, 6.45) is 3.61. The molecule has 2 fully saturated rings. The Morgan fingerprint density at radius 1 is 1.06 bits per heavy atom. The molecule has 0 aromatic rings. The van der Waals surface area contributed by atoms with Crippen LogP contribution in [0.2, 0.25) is 0 Å². The van der Waals surface area contributed by atoms with Crippen LogP contribution >= 0.6 is 0 Å². The highest BCUT2D eigenvalue weighted by Gasteiger charge is 2.35. The van der Waals surface area contributed by atoms with Crippen LogP contribution in [0.1, 0.15) is 33.6 Å². The van der Waals surface area contributed by atoms with Crippen molar-refractivity contribution in [1.29, 1.82) is 0 Å². The fraction of sp³-hybridized carbons (Fsp3) is 1.00. The van der Waals surface area contributed by atoms with E-state index in [1.165, 1.54) is 0 Å². The summed E-state index contributed by atoms with van der Waals surface area (Å²) in [6.45, 7) is 9.04. The van der Waals surface area contributed by atoms with Crippen molar-refractivity contribution in [3.05, 3.63) is 0 Å². The zero-order valence-corrected chi connectivity index (χ0v) is 11.3. The average Bonchev–Trinajstić information content (AvgIpc) is 2.64. The predicted octanol–water partition coefficient (Wildman–Crippen LogP) is 0.990. The van der Waals surface area contributed by atoms with E-state index < -0.39 is 0 Å². The first-order chi connectivity index (χ1) is 8.10. The van der Waals surface area contributed by atoms with Gasteiger partial charge in [-0.05, 0) is 33.6 Å². The van der Waals surface area contributed by atoms with Crippen LogP contribution in [0.3, 0.4) is 0 Å². The van der Waals surface area contributed by atoms with Crippen molar-refractivity contribution in [2.45, 2.75) is 64.1 Å². The molecular weight excluding hydrogens is 216 g/mol. The second-order valence-electron chi connectivity index (χ2n) is 5.58. The van der Waals surface area contributed by atoms with E-state index in [0.717, 1.165) is 25.9 Å². The molecule has 100 valence electrons. The third kappa shape index (κ3) is 3.19. The summed E-state index contributed by atoms with van der Waals surface area (Å²) < 4.78 is 11.7. The quantitative estimate of drug-likeness (QED) is 0.802. The van der Waals surface area contributed by atoms with Gasteiger partial charge in [-0.3, -0.25) is 4.90 Å². The standard InChI is InChI=1S/C13H26N2O2/c1-9-4-5-13(17-9)12(6-14)15-7-10(2)16-11(3)8-15/h9-13H,4-8,14H2,1-3H3. The molecule has 2 heterocycles. The lowest BCUT2D eigenvalue weighted by Gasteiger charge is -2.41. The van der Waals surface area contributed by atoms with E-state index in [1.54, 1.807) is 0 Å². The Morgan fingerprint density at radius 3 is 2.18 bits per heavy atom. The Kier molecular flexibility index (Phi) is 4.42. The molecule has 0 amide bonds. The van der Waals surface area contributed by atoms with Crippen molar-refractivity contribution >= 4 is 0 Å². The van der Waals surface area contributed by atoms with Gasteiger partial charge in [0.15, 0.2) is 0 Å². The molecule has 4 heteroatoms. The molecule has 0 spiro atoms. The number of hydrogen-bond acceptors (Lipinski definition) is 4. The summed E-state index contributed by atoms with van der Waals surface area (Å²) in [5.41, 5.74) is 5.96. The van der Waals surface area contributed by atoms with Gasteiger partial charge in [0.25, 0.3) is 0 Å². The van der Waals surface area contributed by atoms with Crippen molar-refractivity contribution in [2.24, 2.45) is 5.73 Å². The molecule has 2 aliphatic rings. The maximum atomic E-state index is 5.98. The third-order valence-corrected chi connectivity index (χ3v) is 3.85. The molecule has 0 bridgehead atoms. The number of hydrogen-bond donors (Lipinski definition) is 1. The van der Waals surface area contributed by atoms with Crippen LogP contribution in [0.25, 0.3) is 0 Å². The highest BCUT2D eigenvalue weighted by molar-refractivity contribution is 4.88. The molecule has 2 N–H and O–H groups in total. The zero-order chi connectivity index (χ0) is 12.4. The van der Waals surface area contributed by atoms with E-state index >= 15 is 0 Å². The zero-order valence-electron chi connectivity index (χ0n) is 11.3. The predicted molar refractivity (Wildman–Crippen MR) is 68.0 cm³/mol. The number of nitrogens with two attached hydrogens (primary N) is 1. The van der Waals surface area contributed by atoms with Gasteiger partial charge in [-0.15, -0.1) is 0 Å². The van der Waals surface area contributed by atoms with Crippen LogP contribution < -0.4 is 5.73 Å². The van der Waals surface area contributed by atoms with Crippen molar-refractivity contribution in [3.8, 4) is 0 Å². The minimum absolute atomic E-state index is 0.298. The normalized spacial score (nSPS) is 41.6. The molecule has 5 atom stereocenters. The van der Waals surface area contributed by atoms with E-state index in [-0.39, 0.29) is 0 Å². The molecule has 0 saturated carbocycles. The smallest absolute Gasteiger partial charge is 0.0747 e. The highest BCUT2D eigenvalue weighted by Crippen LogP contribution is 2.26.